The molecule has 166 valence electrons. The molecule has 5 rings (SSSR count). The maximum absolute atomic E-state index is 13.2. The quantitative estimate of drug-likeness (QED) is 0.604. The van der Waals surface area contributed by atoms with Gasteiger partial charge in [-0.15, -0.1) is 10.2 Å². The van der Waals surface area contributed by atoms with Crippen LogP contribution >= 0.6 is 0 Å². The largest absolute Gasteiger partial charge is 0.423 e. The molecule has 0 spiro atoms. The van der Waals surface area contributed by atoms with Gasteiger partial charge in [-0.05, 0) is 73.2 Å². The Balaban J connectivity index is 1.25. The Bertz CT molecular complexity index is 1220. The summed E-state index contributed by atoms with van der Waals surface area (Å²) >= 11 is 0. The molecular weight excluding hydrogens is 428 g/mol. The Morgan fingerprint density at radius 3 is 2.31 bits per heavy atom. The molecule has 0 bridgehead atoms. The second-order valence-electron chi connectivity index (χ2n) is 8.16. The predicted molar refractivity (Wildman–Crippen MR) is 117 cm³/mol. The zero-order valence-corrected chi connectivity index (χ0v) is 18.4. The molecule has 0 unspecified atom stereocenters. The van der Waals surface area contributed by atoms with Crippen LogP contribution in [-0.4, -0.2) is 59.9 Å². The van der Waals surface area contributed by atoms with Gasteiger partial charge in [-0.1, -0.05) is 6.07 Å². The molecule has 1 amide bonds. The van der Waals surface area contributed by atoms with Gasteiger partial charge in [0.2, 0.25) is 22.3 Å². The molecule has 2 aromatic carbocycles. The summed E-state index contributed by atoms with van der Waals surface area (Å²) in [5, 5.41) is 7.51. The number of carbonyl (C=O) groups is 1. The standard InChI is InChI=1S/C23H24N4O4S/c28-23(19-7-5-18(6-8-19)22-25-24-16-31-22)26-11-13-27(14-12-26)32(29,30)21-10-9-17-3-1-2-4-20(17)15-21/h5-10,15-16H,1-4,11-14H2. The van der Waals surface area contributed by atoms with Crippen LogP contribution in [0.4, 0.5) is 0 Å². The van der Waals surface area contributed by atoms with E-state index in [-0.39, 0.29) is 19.0 Å². The zero-order valence-electron chi connectivity index (χ0n) is 17.6. The Morgan fingerprint density at radius 2 is 1.62 bits per heavy atom. The van der Waals surface area contributed by atoms with Gasteiger partial charge in [0.05, 0.1) is 4.90 Å². The lowest BCUT2D eigenvalue weighted by atomic mass is 9.92. The van der Waals surface area contributed by atoms with Gasteiger partial charge in [0.1, 0.15) is 0 Å². The van der Waals surface area contributed by atoms with E-state index in [2.05, 4.69) is 10.2 Å². The van der Waals surface area contributed by atoms with Gasteiger partial charge in [0.15, 0.2) is 0 Å². The maximum Gasteiger partial charge on any atom is 0.253 e. The fourth-order valence-corrected chi connectivity index (χ4v) is 5.86. The van der Waals surface area contributed by atoms with Gasteiger partial charge in [0, 0.05) is 37.3 Å². The van der Waals surface area contributed by atoms with Crippen molar-refractivity contribution in [2.45, 2.75) is 30.6 Å². The number of hydrogen-bond acceptors (Lipinski definition) is 6. The number of nitrogens with zero attached hydrogens (tertiary/aromatic N) is 4. The summed E-state index contributed by atoms with van der Waals surface area (Å²) in [5.41, 5.74) is 3.69. The van der Waals surface area contributed by atoms with E-state index in [1.54, 1.807) is 35.2 Å². The van der Waals surface area contributed by atoms with Crippen molar-refractivity contribution in [2.24, 2.45) is 0 Å². The van der Waals surface area contributed by atoms with Crippen LogP contribution in [0.15, 0.2) is 58.2 Å². The smallest absolute Gasteiger partial charge is 0.253 e. The van der Waals surface area contributed by atoms with E-state index >= 15 is 0 Å². The number of amides is 1. The summed E-state index contributed by atoms with van der Waals surface area (Å²) in [7, 11) is -3.57. The minimum Gasteiger partial charge on any atom is -0.423 e. The molecule has 9 heteroatoms. The van der Waals surface area contributed by atoms with Crippen molar-refractivity contribution in [1.29, 1.82) is 0 Å². The third kappa shape index (κ3) is 3.93. The summed E-state index contributed by atoms with van der Waals surface area (Å²) in [4.78, 5) is 14.9. The molecular formula is C23H24N4O4S. The van der Waals surface area contributed by atoms with E-state index in [0.717, 1.165) is 36.8 Å². The highest BCUT2D eigenvalue weighted by atomic mass is 32.2. The van der Waals surface area contributed by atoms with Crippen LogP contribution in [0, 0.1) is 0 Å². The average Bonchev–Trinajstić information content (AvgIpc) is 3.38. The molecule has 1 aliphatic heterocycles. The number of aryl methyl sites for hydroxylation is 2. The van der Waals surface area contributed by atoms with E-state index in [9.17, 15) is 13.2 Å². The molecule has 3 aromatic rings. The SMILES string of the molecule is O=C(c1ccc(-c2nnco2)cc1)N1CCN(S(=O)(=O)c2ccc3c(c2)CCCC3)CC1. The van der Waals surface area contributed by atoms with Gasteiger partial charge >= 0.3 is 0 Å². The number of rotatable bonds is 4. The zero-order chi connectivity index (χ0) is 22.1. The number of fused-ring (bicyclic) bond motifs is 1. The van der Waals surface area contributed by atoms with Crippen LogP contribution in [0.2, 0.25) is 0 Å². The summed E-state index contributed by atoms with van der Waals surface area (Å²) in [6.45, 7) is 1.28. The number of piperazine rings is 1. The van der Waals surface area contributed by atoms with E-state index in [0.29, 0.717) is 29.4 Å². The highest BCUT2D eigenvalue weighted by Gasteiger charge is 2.31. The van der Waals surface area contributed by atoms with Crippen LogP contribution in [0.1, 0.15) is 34.3 Å². The minimum atomic E-state index is -3.57. The number of carbonyl (C=O) groups excluding carboxylic acids is 1. The summed E-state index contributed by atoms with van der Waals surface area (Å²) in [6.07, 6.45) is 5.48. The predicted octanol–water partition coefficient (Wildman–Crippen LogP) is 2.76. The van der Waals surface area contributed by atoms with Crippen LogP contribution in [0.25, 0.3) is 11.5 Å². The first-order valence-electron chi connectivity index (χ1n) is 10.8. The van der Waals surface area contributed by atoms with Crippen molar-refractivity contribution in [3.63, 3.8) is 0 Å². The molecule has 0 saturated carbocycles. The maximum atomic E-state index is 13.2. The fraction of sp³-hybridized carbons (Fsp3) is 0.348. The Morgan fingerprint density at radius 1 is 0.906 bits per heavy atom. The minimum absolute atomic E-state index is 0.118. The topological polar surface area (TPSA) is 96.6 Å². The van der Waals surface area contributed by atoms with Crippen molar-refractivity contribution in [1.82, 2.24) is 19.4 Å². The van der Waals surface area contributed by atoms with E-state index in [4.69, 9.17) is 4.42 Å². The number of aromatic nitrogens is 2. The normalized spacial score (nSPS) is 17.2. The molecule has 2 heterocycles. The first-order chi connectivity index (χ1) is 15.5. The van der Waals surface area contributed by atoms with Crippen LogP contribution in [0.3, 0.4) is 0 Å². The van der Waals surface area contributed by atoms with Crippen molar-refractivity contribution in [2.75, 3.05) is 26.2 Å². The van der Waals surface area contributed by atoms with E-state index in [1.807, 2.05) is 12.1 Å². The Hall–Kier alpha value is -3.04. The third-order valence-corrected chi connectivity index (χ3v) is 8.12. The molecule has 32 heavy (non-hydrogen) atoms. The molecule has 1 fully saturated rings. The molecule has 1 aromatic heterocycles. The Kier molecular flexibility index (Phi) is 5.52. The second-order valence-corrected chi connectivity index (χ2v) is 10.1. The molecule has 1 saturated heterocycles. The van der Waals surface area contributed by atoms with Gasteiger partial charge < -0.3 is 9.32 Å². The van der Waals surface area contributed by atoms with Crippen molar-refractivity contribution < 1.29 is 17.6 Å². The lowest BCUT2D eigenvalue weighted by molar-refractivity contribution is 0.0698. The highest BCUT2D eigenvalue weighted by molar-refractivity contribution is 7.89. The van der Waals surface area contributed by atoms with Crippen LogP contribution < -0.4 is 0 Å². The highest BCUT2D eigenvalue weighted by Crippen LogP contribution is 2.26. The van der Waals surface area contributed by atoms with Crippen LogP contribution in [0.5, 0.6) is 0 Å². The number of sulfonamides is 1. The average molecular weight is 453 g/mol. The molecule has 8 nitrogen and oxygen atoms in total. The van der Waals surface area contributed by atoms with Crippen molar-refractivity contribution in [3.05, 3.63) is 65.5 Å². The lowest BCUT2D eigenvalue weighted by Crippen LogP contribution is -2.50. The Labute approximate surface area is 186 Å². The fourth-order valence-electron chi connectivity index (χ4n) is 4.39. The van der Waals surface area contributed by atoms with Gasteiger partial charge in [-0.2, -0.15) is 4.31 Å². The molecule has 0 radical (unpaired) electrons. The van der Waals surface area contributed by atoms with E-state index in [1.165, 1.54) is 16.3 Å². The molecule has 2 aliphatic rings. The first kappa shape index (κ1) is 20.8. The number of benzene rings is 2. The second kappa shape index (κ2) is 8.48. The van der Waals surface area contributed by atoms with Gasteiger partial charge in [-0.25, -0.2) is 8.42 Å². The van der Waals surface area contributed by atoms with Gasteiger partial charge in [0.25, 0.3) is 5.91 Å². The van der Waals surface area contributed by atoms with Crippen LogP contribution in [-0.2, 0) is 22.9 Å². The van der Waals surface area contributed by atoms with Crippen molar-refractivity contribution >= 4 is 15.9 Å². The summed E-state index contributed by atoms with van der Waals surface area (Å²) in [6, 6.07) is 12.5. The first-order valence-corrected chi connectivity index (χ1v) is 12.2. The molecule has 0 N–H and O–H groups in total. The summed E-state index contributed by atoms with van der Waals surface area (Å²) in [5.74, 6) is 0.276. The van der Waals surface area contributed by atoms with Crippen molar-refractivity contribution in [3.8, 4) is 11.5 Å². The molecule has 0 atom stereocenters. The summed E-state index contributed by atoms with van der Waals surface area (Å²) < 4.78 is 33.0. The third-order valence-electron chi connectivity index (χ3n) is 6.22. The molecule has 1 aliphatic carbocycles. The lowest BCUT2D eigenvalue weighted by Gasteiger charge is -2.34. The van der Waals surface area contributed by atoms with E-state index < -0.39 is 10.0 Å². The monoisotopic (exact) mass is 452 g/mol. The number of hydrogen-bond donors (Lipinski definition) is 0. The van der Waals surface area contributed by atoms with Gasteiger partial charge in [-0.3, -0.25) is 4.79 Å².